The fourth-order valence-corrected chi connectivity index (χ4v) is 4.06. The number of amides is 1. The van der Waals surface area contributed by atoms with Crippen LogP contribution in [0.1, 0.15) is 50.7 Å². The van der Waals surface area contributed by atoms with Gasteiger partial charge in [-0.2, -0.15) is 5.26 Å². The molecule has 1 amide bonds. The Morgan fingerprint density at radius 3 is 2.64 bits per heavy atom. The van der Waals surface area contributed by atoms with Crippen molar-refractivity contribution in [1.29, 1.82) is 5.26 Å². The molecule has 2 atom stereocenters. The molecule has 7 heteroatoms. The predicted molar refractivity (Wildman–Crippen MR) is 103 cm³/mol. The second kappa shape index (κ2) is 7.96. The summed E-state index contributed by atoms with van der Waals surface area (Å²) in [5.41, 5.74) is 0.428. The van der Waals surface area contributed by atoms with Gasteiger partial charge in [0, 0.05) is 38.3 Å². The number of methoxy groups -OCH3 is 1. The van der Waals surface area contributed by atoms with Crippen LogP contribution in [-0.2, 0) is 4.74 Å². The number of carbonyl (C=O) groups excluding carboxylic acids is 1. The molecule has 0 aliphatic carbocycles. The van der Waals surface area contributed by atoms with Crippen molar-refractivity contribution in [2.45, 2.75) is 51.2 Å². The number of piperazine rings is 1. The van der Waals surface area contributed by atoms with Gasteiger partial charge in [0.25, 0.3) is 0 Å². The van der Waals surface area contributed by atoms with Crippen LogP contribution >= 0.6 is 0 Å². The highest BCUT2D eigenvalue weighted by Gasteiger charge is 2.37. The van der Waals surface area contributed by atoms with Crippen LogP contribution in [-0.4, -0.2) is 60.8 Å². The van der Waals surface area contributed by atoms with E-state index in [9.17, 15) is 14.4 Å². The molecule has 2 aliphatic rings. The van der Waals surface area contributed by atoms with Crippen LogP contribution in [0.15, 0.2) is 12.1 Å². The molecule has 0 bridgehead atoms. The molecule has 2 heterocycles. The zero-order chi connectivity index (χ0) is 20.5. The molecule has 28 heavy (non-hydrogen) atoms. The second-order valence-corrected chi connectivity index (χ2v) is 8.54. The van der Waals surface area contributed by atoms with Crippen LogP contribution in [0.25, 0.3) is 0 Å². The van der Waals surface area contributed by atoms with Crippen molar-refractivity contribution in [2.75, 3.05) is 33.3 Å². The van der Waals surface area contributed by atoms with Gasteiger partial charge < -0.3 is 14.4 Å². The molecule has 2 saturated heterocycles. The normalized spacial score (nSPS) is 22.9. The Bertz CT molecular complexity index is 784. The lowest BCUT2D eigenvalue weighted by Crippen LogP contribution is -2.57. The van der Waals surface area contributed by atoms with E-state index in [1.54, 1.807) is 11.0 Å². The van der Waals surface area contributed by atoms with Gasteiger partial charge in [-0.15, -0.1) is 0 Å². The highest BCUT2D eigenvalue weighted by atomic mass is 19.1. The smallest absolute Gasteiger partial charge is 0.410 e. The van der Waals surface area contributed by atoms with E-state index in [-0.39, 0.29) is 29.6 Å². The quantitative estimate of drug-likeness (QED) is 0.774. The number of nitrogens with zero attached hydrogens (tertiary/aromatic N) is 3. The van der Waals surface area contributed by atoms with Crippen molar-refractivity contribution >= 4 is 6.09 Å². The number of benzene rings is 1. The minimum Gasteiger partial charge on any atom is -0.495 e. The summed E-state index contributed by atoms with van der Waals surface area (Å²) in [5.74, 6) is -0.0302. The molecular formula is C21H28FN3O3. The number of rotatable bonds is 2. The van der Waals surface area contributed by atoms with Crippen LogP contribution < -0.4 is 4.74 Å². The summed E-state index contributed by atoms with van der Waals surface area (Å²) in [6.45, 7) is 8.30. The van der Waals surface area contributed by atoms with Crippen LogP contribution in [0.4, 0.5) is 9.18 Å². The highest BCUT2D eigenvalue weighted by Crippen LogP contribution is 2.35. The molecule has 2 aliphatic heterocycles. The Morgan fingerprint density at radius 1 is 1.25 bits per heavy atom. The Kier molecular flexibility index (Phi) is 5.80. The molecule has 1 aromatic carbocycles. The first-order chi connectivity index (χ1) is 13.2. The maximum atomic E-state index is 14.6. The highest BCUT2D eigenvalue weighted by molar-refractivity contribution is 5.68. The predicted octanol–water partition coefficient (Wildman–Crippen LogP) is 3.50. The van der Waals surface area contributed by atoms with Gasteiger partial charge in [0.05, 0.1) is 12.7 Å². The molecule has 0 aromatic heterocycles. The Labute approximate surface area is 165 Å². The SMILES string of the molecule is COc1cc(F)c([C@H]2CC[C@@H]3CN(C(=O)OC(C)(C)C)CCN3C2)cc1C#N. The van der Waals surface area contributed by atoms with E-state index in [2.05, 4.69) is 11.0 Å². The summed E-state index contributed by atoms with van der Waals surface area (Å²) in [4.78, 5) is 16.4. The van der Waals surface area contributed by atoms with Gasteiger partial charge in [-0.05, 0) is 51.2 Å². The molecule has 6 nitrogen and oxygen atoms in total. The summed E-state index contributed by atoms with van der Waals surface area (Å²) in [6.07, 6.45) is 1.42. The molecule has 0 spiro atoms. The molecule has 0 N–H and O–H groups in total. The first kappa shape index (κ1) is 20.4. The van der Waals surface area contributed by atoms with Gasteiger partial charge in [-0.1, -0.05) is 0 Å². The maximum Gasteiger partial charge on any atom is 0.410 e. The Morgan fingerprint density at radius 2 is 2.00 bits per heavy atom. The van der Waals surface area contributed by atoms with E-state index in [0.717, 1.165) is 25.9 Å². The van der Waals surface area contributed by atoms with Crippen LogP contribution in [0.2, 0.25) is 0 Å². The van der Waals surface area contributed by atoms with E-state index in [1.807, 2.05) is 20.8 Å². The average Bonchev–Trinajstić information content (AvgIpc) is 2.65. The third kappa shape index (κ3) is 4.39. The van der Waals surface area contributed by atoms with Gasteiger partial charge in [-0.3, -0.25) is 4.90 Å². The molecule has 0 radical (unpaired) electrons. The van der Waals surface area contributed by atoms with Gasteiger partial charge in [0.1, 0.15) is 23.2 Å². The zero-order valence-electron chi connectivity index (χ0n) is 17.0. The topological polar surface area (TPSA) is 65.8 Å². The van der Waals surface area contributed by atoms with Crippen LogP contribution in [0.3, 0.4) is 0 Å². The third-order valence-corrected chi connectivity index (χ3v) is 5.44. The van der Waals surface area contributed by atoms with E-state index in [1.165, 1.54) is 13.2 Å². The van der Waals surface area contributed by atoms with Crippen LogP contribution in [0.5, 0.6) is 5.75 Å². The number of ether oxygens (including phenoxy) is 2. The number of nitriles is 1. The molecule has 0 saturated carbocycles. The van der Waals surface area contributed by atoms with E-state index < -0.39 is 5.60 Å². The maximum absolute atomic E-state index is 14.6. The first-order valence-corrected chi connectivity index (χ1v) is 9.71. The Balaban J connectivity index is 1.67. The molecule has 152 valence electrons. The molecule has 2 fully saturated rings. The van der Waals surface area contributed by atoms with E-state index >= 15 is 0 Å². The molecule has 1 aromatic rings. The van der Waals surface area contributed by atoms with Crippen molar-refractivity contribution in [2.24, 2.45) is 0 Å². The summed E-state index contributed by atoms with van der Waals surface area (Å²) in [5, 5.41) is 9.30. The molecule has 0 unspecified atom stereocenters. The summed E-state index contributed by atoms with van der Waals surface area (Å²) in [7, 11) is 1.44. The lowest BCUT2D eigenvalue weighted by atomic mass is 9.85. The minimum absolute atomic E-state index is 0.0299. The van der Waals surface area contributed by atoms with Crippen molar-refractivity contribution in [1.82, 2.24) is 9.80 Å². The van der Waals surface area contributed by atoms with Crippen molar-refractivity contribution < 1.29 is 18.7 Å². The van der Waals surface area contributed by atoms with Crippen molar-refractivity contribution in [3.8, 4) is 11.8 Å². The van der Waals surface area contributed by atoms with Gasteiger partial charge in [-0.25, -0.2) is 9.18 Å². The van der Waals surface area contributed by atoms with Crippen molar-refractivity contribution in [3.05, 3.63) is 29.1 Å². The fraction of sp³-hybridized carbons (Fsp3) is 0.619. The average molecular weight is 389 g/mol. The van der Waals surface area contributed by atoms with Crippen LogP contribution in [0, 0.1) is 17.1 Å². The van der Waals surface area contributed by atoms with Crippen molar-refractivity contribution in [3.63, 3.8) is 0 Å². The van der Waals surface area contributed by atoms with E-state index in [4.69, 9.17) is 9.47 Å². The first-order valence-electron chi connectivity index (χ1n) is 9.71. The second-order valence-electron chi connectivity index (χ2n) is 8.54. The minimum atomic E-state index is -0.504. The lowest BCUT2D eigenvalue weighted by Gasteiger charge is -2.46. The number of fused-ring (bicyclic) bond motifs is 1. The molecule has 3 rings (SSSR count). The number of carbonyl (C=O) groups is 1. The molecular weight excluding hydrogens is 361 g/mol. The third-order valence-electron chi connectivity index (χ3n) is 5.44. The van der Waals surface area contributed by atoms with Gasteiger partial charge in [0.15, 0.2) is 0 Å². The largest absolute Gasteiger partial charge is 0.495 e. The summed E-state index contributed by atoms with van der Waals surface area (Å²) in [6, 6.07) is 5.27. The lowest BCUT2D eigenvalue weighted by molar-refractivity contribution is -0.00456. The fourth-order valence-electron chi connectivity index (χ4n) is 4.06. The zero-order valence-corrected chi connectivity index (χ0v) is 17.0. The monoisotopic (exact) mass is 389 g/mol. The van der Waals surface area contributed by atoms with Gasteiger partial charge >= 0.3 is 6.09 Å². The number of halogens is 1. The Hall–Kier alpha value is -2.33. The standard InChI is InChI=1S/C21H28FN3O3/c1-21(2,3)28-20(26)25-8-7-24-12-14(5-6-16(24)13-25)17-9-15(11-23)19(27-4)10-18(17)22/h9-10,14,16H,5-8,12-13H2,1-4H3/t14-,16+/m0/s1. The van der Waals surface area contributed by atoms with E-state index in [0.29, 0.717) is 24.2 Å². The number of hydrogen-bond acceptors (Lipinski definition) is 5. The summed E-state index contributed by atoms with van der Waals surface area (Å²) < 4.78 is 25.2. The number of piperidine rings is 1. The number of hydrogen-bond donors (Lipinski definition) is 0. The summed E-state index contributed by atoms with van der Waals surface area (Å²) >= 11 is 0. The van der Waals surface area contributed by atoms with Gasteiger partial charge in [0.2, 0.25) is 0 Å².